The molecule has 1 aromatic heterocycles. The van der Waals surface area contributed by atoms with Crippen molar-refractivity contribution in [2.24, 2.45) is 0 Å². The minimum atomic E-state index is -0.447. The second kappa shape index (κ2) is 3.76. The third-order valence-electron chi connectivity index (χ3n) is 2.55. The highest BCUT2D eigenvalue weighted by Gasteiger charge is 2.35. The maximum Gasteiger partial charge on any atom is 0.161 e. The van der Waals surface area contributed by atoms with Crippen molar-refractivity contribution in [3.8, 4) is 6.07 Å². The van der Waals surface area contributed by atoms with Gasteiger partial charge in [-0.25, -0.2) is 9.97 Å². The predicted octanol–water partition coefficient (Wildman–Crippen LogP) is 2.03. The number of nitrogens with zero attached hydrogens (tertiary/aromatic N) is 3. The maximum atomic E-state index is 8.69. The first-order valence-corrected chi connectivity index (χ1v) is 5.10. The van der Waals surface area contributed by atoms with Gasteiger partial charge in [0.15, 0.2) is 11.0 Å². The molecule has 1 aliphatic rings. The lowest BCUT2D eigenvalue weighted by Gasteiger charge is -2.20. The Bertz CT molecular complexity index is 421. The highest BCUT2D eigenvalue weighted by atomic mass is 35.5. The second-order valence-corrected chi connectivity index (χ2v) is 4.05. The van der Waals surface area contributed by atoms with Crippen molar-refractivity contribution in [1.29, 1.82) is 5.26 Å². The molecule has 1 unspecified atom stereocenters. The molecule has 1 fully saturated rings. The summed E-state index contributed by atoms with van der Waals surface area (Å²) in [5, 5.41) is 8.89. The van der Waals surface area contributed by atoms with E-state index in [-0.39, 0.29) is 5.15 Å². The summed E-state index contributed by atoms with van der Waals surface area (Å²) in [6, 6.07) is 1.93. The largest absolute Gasteiger partial charge is 0.367 e. The minimum absolute atomic E-state index is 0.194. The summed E-state index contributed by atoms with van der Waals surface area (Å²) in [4.78, 5) is 8.23. The van der Waals surface area contributed by atoms with Crippen LogP contribution in [0.5, 0.6) is 0 Å². The molecular formula is C10H10ClN3O. The molecule has 1 atom stereocenters. The summed E-state index contributed by atoms with van der Waals surface area (Å²) in [7, 11) is 0. The number of halogens is 1. The second-order valence-electron chi connectivity index (χ2n) is 3.69. The van der Waals surface area contributed by atoms with E-state index in [2.05, 4.69) is 9.97 Å². The fourth-order valence-electron chi connectivity index (χ4n) is 1.65. The molecule has 1 saturated heterocycles. The van der Waals surface area contributed by atoms with Gasteiger partial charge in [0.2, 0.25) is 0 Å². The van der Waals surface area contributed by atoms with Crippen LogP contribution in [-0.2, 0) is 10.3 Å². The molecule has 5 heteroatoms. The quantitative estimate of drug-likeness (QED) is 0.684. The van der Waals surface area contributed by atoms with E-state index in [9.17, 15) is 0 Å². The molecule has 0 N–H and O–H groups in total. The lowest BCUT2D eigenvalue weighted by atomic mass is 10.0. The molecule has 1 aromatic rings. The Balaban J connectivity index is 2.38. The van der Waals surface area contributed by atoms with E-state index in [1.54, 1.807) is 0 Å². The molecule has 0 radical (unpaired) electrons. The first kappa shape index (κ1) is 10.3. The van der Waals surface area contributed by atoms with Gasteiger partial charge in [-0.2, -0.15) is 5.26 Å². The zero-order valence-electron chi connectivity index (χ0n) is 8.33. The Kier molecular flexibility index (Phi) is 2.59. The highest BCUT2D eigenvalue weighted by Crippen LogP contribution is 2.33. The number of rotatable bonds is 1. The van der Waals surface area contributed by atoms with Crippen LogP contribution in [0.3, 0.4) is 0 Å². The fourth-order valence-corrected chi connectivity index (χ4v) is 1.82. The van der Waals surface area contributed by atoms with Crippen LogP contribution in [0.25, 0.3) is 0 Å². The Morgan fingerprint density at radius 2 is 2.47 bits per heavy atom. The molecule has 0 spiro atoms. The first-order chi connectivity index (χ1) is 7.15. The van der Waals surface area contributed by atoms with Gasteiger partial charge in [0.1, 0.15) is 17.2 Å². The molecule has 0 aliphatic carbocycles. The standard InChI is InChI=1S/C10H10ClN3O/c1-10(3-2-4-15-10)9-13-6-7(5-12)8(11)14-9/h6H,2-4H2,1H3. The Morgan fingerprint density at radius 3 is 3.00 bits per heavy atom. The van der Waals surface area contributed by atoms with E-state index in [0.29, 0.717) is 11.4 Å². The highest BCUT2D eigenvalue weighted by molar-refractivity contribution is 6.30. The van der Waals surface area contributed by atoms with E-state index < -0.39 is 5.60 Å². The Labute approximate surface area is 92.9 Å². The Morgan fingerprint density at radius 1 is 1.67 bits per heavy atom. The third kappa shape index (κ3) is 1.81. The van der Waals surface area contributed by atoms with Gasteiger partial charge in [0.05, 0.1) is 6.20 Å². The number of hydrogen-bond donors (Lipinski definition) is 0. The summed E-state index contributed by atoms with van der Waals surface area (Å²) in [6.45, 7) is 2.66. The summed E-state index contributed by atoms with van der Waals surface area (Å²) in [5.41, 5.74) is -0.153. The van der Waals surface area contributed by atoms with Crippen molar-refractivity contribution in [2.75, 3.05) is 6.61 Å². The zero-order valence-corrected chi connectivity index (χ0v) is 9.08. The smallest absolute Gasteiger partial charge is 0.161 e. The lowest BCUT2D eigenvalue weighted by molar-refractivity contribution is 0.00932. The van der Waals surface area contributed by atoms with E-state index in [0.717, 1.165) is 19.4 Å². The van der Waals surface area contributed by atoms with Crippen molar-refractivity contribution in [1.82, 2.24) is 9.97 Å². The van der Waals surface area contributed by atoms with Gasteiger partial charge in [-0.1, -0.05) is 11.6 Å². The zero-order chi connectivity index (χ0) is 10.9. The van der Waals surface area contributed by atoms with Crippen molar-refractivity contribution in [2.45, 2.75) is 25.4 Å². The van der Waals surface area contributed by atoms with Gasteiger partial charge in [0, 0.05) is 6.61 Å². The molecule has 78 valence electrons. The van der Waals surface area contributed by atoms with Crippen molar-refractivity contribution in [3.05, 3.63) is 22.7 Å². The van der Waals surface area contributed by atoms with E-state index in [1.165, 1.54) is 6.20 Å². The monoisotopic (exact) mass is 223 g/mol. The minimum Gasteiger partial charge on any atom is -0.367 e. The number of aromatic nitrogens is 2. The Hall–Kier alpha value is -1.18. The SMILES string of the molecule is CC1(c2ncc(C#N)c(Cl)n2)CCCO1. The molecule has 0 aromatic carbocycles. The van der Waals surface area contributed by atoms with Crippen LogP contribution in [0.4, 0.5) is 0 Å². The van der Waals surface area contributed by atoms with Crippen molar-refractivity contribution < 1.29 is 4.74 Å². The first-order valence-electron chi connectivity index (χ1n) is 4.73. The summed E-state index contributed by atoms with van der Waals surface area (Å²) < 4.78 is 5.59. The number of nitriles is 1. The average molecular weight is 224 g/mol. The van der Waals surface area contributed by atoms with Crippen LogP contribution in [-0.4, -0.2) is 16.6 Å². The lowest BCUT2D eigenvalue weighted by Crippen LogP contribution is -2.23. The summed E-state index contributed by atoms with van der Waals surface area (Å²) in [6.07, 6.45) is 3.32. The van der Waals surface area contributed by atoms with E-state index in [1.807, 2.05) is 13.0 Å². The van der Waals surface area contributed by atoms with E-state index in [4.69, 9.17) is 21.6 Å². The van der Waals surface area contributed by atoms with Crippen LogP contribution in [0.1, 0.15) is 31.2 Å². The van der Waals surface area contributed by atoms with Crippen LogP contribution < -0.4 is 0 Å². The number of hydrogen-bond acceptors (Lipinski definition) is 4. The van der Waals surface area contributed by atoms with Gasteiger partial charge in [-0.05, 0) is 19.8 Å². The third-order valence-corrected chi connectivity index (χ3v) is 2.84. The molecule has 15 heavy (non-hydrogen) atoms. The molecular weight excluding hydrogens is 214 g/mol. The fraction of sp³-hybridized carbons (Fsp3) is 0.500. The van der Waals surface area contributed by atoms with Gasteiger partial charge in [-0.15, -0.1) is 0 Å². The van der Waals surface area contributed by atoms with Crippen LogP contribution in [0.15, 0.2) is 6.20 Å². The van der Waals surface area contributed by atoms with Crippen LogP contribution in [0.2, 0.25) is 5.15 Å². The van der Waals surface area contributed by atoms with E-state index >= 15 is 0 Å². The molecule has 2 heterocycles. The van der Waals surface area contributed by atoms with Crippen molar-refractivity contribution >= 4 is 11.6 Å². The predicted molar refractivity (Wildman–Crippen MR) is 54.3 cm³/mol. The molecule has 2 rings (SSSR count). The molecule has 4 nitrogen and oxygen atoms in total. The van der Waals surface area contributed by atoms with Crippen LogP contribution in [0, 0.1) is 11.3 Å². The van der Waals surface area contributed by atoms with Crippen molar-refractivity contribution in [3.63, 3.8) is 0 Å². The topological polar surface area (TPSA) is 58.8 Å². The van der Waals surface area contributed by atoms with Gasteiger partial charge in [0.25, 0.3) is 0 Å². The molecule has 0 amide bonds. The summed E-state index contributed by atoms with van der Waals surface area (Å²) in [5.74, 6) is 0.559. The molecule has 0 saturated carbocycles. The number of ether oxygens (including phenoxy) is 1. The van der Waals surface area contributed by atoms with Gasteiger partial charge >= 0.3 is 0 Å². The van der Waals surface area contributed by atoms with Gasteiger partial charge in [-0.3, -0.25) is 0 Å². The van der Waals surface area contributed by atoms with Crippen LogP contribution >= 0.6 is 11.6 Å². The summed E-state index contributed by atoms with van der Waals surface area (Å²) >= 11 is 5.84. The molecule has 0 bridgehead atoms. The molecule has 1 aliphatic heterocycles. The normalized spacial score (nSPS) is 25.1. The average Bonchev–Trinajstić information content (AvgIpc) is 2.66. The van der Waals surface area contributed by atoms with Gasteiger partial charge < -0.3 is 4.74 Å². The maximum absolute atomic E-state index is 8.69.